The Hall–Kier alpha value is -2.91. The van der Waals surface area contributed by atoms with Crippen molar-refractivity contribution in [3.63, 3.8) is 0 Å². The first-order valence-corrected chi connectivity index (χ1v) is 18.4. The van der Waals surface area contributed by atoms with Gasteiger partial charge >= 0.3 is 0 Å². The highest BCUT2D eigenvalue weighted by molar-refractivity contribution is 7.90. The Morgan fingerprint density at radius 1 is 1.06 bits per heavy atom. The number of nitrogens with zero attached hydrogens (tertiary/aromatic N) is 5. The third-order valence-corrected chi connectivity index (χ3v) is 12.4. The molecule has 0 unspecified atom stereocenters. The first kappa shape index (κ1) is 32.6. The van der Waals surface area contributed by atoms with Gasteiger partial charge in [-0.2, -0.15) is 0 Å². The van der Waals surface area contributed by atoms with Gasteiger partial charge in [0.1, 0.15) is 17.9 Å². The Labute approximate surface area is 276 Å². The highest BCUT2D eigenvalue weighted by Gasteiger charge is 2.46. The summed E-state index contributed by atoms with van der Waals surface area (Å²) in [6.45, 7) is 9.65. The normalized spacial score (nSPS) is 28.2. The molecule has 47 heavy (non-hydrogen) atoms. The molecule has 1 saturated carbocycles. The molecular formula is C33H45FN6O6S. The Kier molecular flexibility index (Phi) is 9.15. The first-order valence-electron chi connectivity index (χ1n) is 16.9. The van der Waals surface area contributed by atoms with E-state index in [1.54, 1.807) is 11.1 Å². The quantitative estimate of drug-likeness (QED) is 0.425. The minimum absolute atomic E-state index is 0.120. The number of halogens is 1. The number of sulfonamides is 1. The zero-order valence-electron chi connectivity index (χ0n) is 27.1. The highest BCUT2D eigenvalue weighted by Crippen LogP contribution is 2.45. The molecule has 0 bridgehead atoms. The van der Waals surface area contributed by atoms with Crippen LogP contribution < -0.4 is 14.4 Å². The van der Waals surface area contributed by atoms with Crippen molar-refractivity contribution in [3.05, 3.63) is 42.1 Å². The van der Waals surface area contributed by atoms with Crippen LogP contribution in [0.15, 0.2) is 30.7 Å². The van der Waals surface area contributed by atoms with Crippen molar-refractivity contribution in [2.75, 3.05) is 57.4 Å². The summed E-state index contributed by atoms with van der Waals surface area (Å²) < 4.78 is 59.8. The molecule has 1 aromatic carbocycles. The molecule has 4 saturated heterocycles. The van der Waals surface area contributed by atoms with Crippen molar-refractivity contribution in [2.45, 2.75) is 81.9 Å². The maximum absolute atomic E-state index is 14.4. The van der Waals surface area contributed by atoms with Gasteiger partial charge in [-0.3, -0.25) is 4.79 Å². The minimum atomic E-state index is -3.19. The summed E-state index contributed by atoms with van der Waals surface area (Å²) in [5.41, 5.74) is 0.350. The number of rotatable bonds is 9. The van der Waals surface area contributed by atoms with E-state index < -0.39 is 15.8 Å². The maximum Gasteiger partial charge on any atom is 0.258 e. The van der Waals surface area contributed by atoms with Crippen molar-refractivity contribution in [3.8, 4) is 11.5 Å². The number of carbonyl (C=O) groups excluding carboxylic acids is 1. The van der Waals surface area contributed by atoms with Crippen molar-refractivity contribution in [1.82, 2.24) is 24.5 Å². The molecule has 2 aromatic rings. The molecule has 1 amide bonds. The number of benzene rings is 1. The summed E-state index contributed by atoms with van der Waals surface area (Å²) in [6, 6.07) is 3.60. The van der Waals surface area contributed by atoms with Gasteiger partial charge in [-0.15, -0.1) is 0 Å². The summed E-state index contributed by atoms with van der Waals surface area (Å²) in [6.07, 6.45) is 8.54. The van der Waals surface area contributed by atoms with Gasteiger partial charge in [0, 0.05) is 31.1 Å². The summed E-state index contributed by atoms with van der Waals surface area (Å²) in [4.78, 5) is 28.8. The van der Waals surface area contributed by atoms with E-state index in [1.807, 2.05) is 13.8 Å². The van der Waals surface area contributed by atoms with Crippen LogP contribution in [0, 0.1) is 11.2 Å². The lowest BCUT2D eigenvalue weighted by Gasteiger charge is -2.54. The second-order valence-electron chi connectivity index (χ2n) is 14.1. The molecule has 0 radical (unpaired) electrons. The number of ether oxygens (including phenoxy) is 3. The molecule has 7 rings (SSSR count). The maximum atomic E-state index is 14.4. The molecule has 14 heteroatoms. The topological polar surface area (TPSA) is 126 Å². The highest BCUT2D eigenvalue weighted by atomic mass is 32.2. The number of hydrogen-bond donors (Lipinski definition) is 1. The standard InChI is InChI=1S/C33H45FN6O6S/c1-22-16-44-17-23(2)40(22)32(41)28-13-24(34)3-8-29(28)46-30-14-35-21-36-31(30)39-19-33(20-39)9-11-38(12-10-33)15-26-5-4-25(18-45-26)37-47(42,43)27-6-7-27/h3,8,13-14,21-23,25-27,37H,4-7,9-12,15-20H2,1-2H3/t22-,23+,25-,26+/m1/s1. The molecule has 5 fully saturated rings. The van der Waals surface area contributed by atoms with Crippen molar-refractivity contribution in [2.24, 2.45) is 5.41 Å². The summed E-state index contributed by atoms with van der Waals surface area (Å²) in [7, 11) is -3.19. The van der Waals surface area contributed by atoms with E-state index in [-0.39, 0.29) is 52.1 Å². The molecule has 4 atom stereocenters. The largest absolute Gasteiger partial charge is 0.451 e. The van der Waals surface area contributed by atoms with E-state index >= 15 is 0 Å². The van der Waals surface area contributed by atoms with Gasteiger partial charge in [-0.25, -0.2) is 27.5 Å². The molecule has 5 aliphatic rings. The number of aromatic nitrogens is 2. The van der Waals surface area contributed by atoms with Crippen LogP contribution in [0.2, 0.25) is 0 Å². The molecule has 1 aromatic heterocycles. The van der Waals surface area contributed by atoms with Gasteiger partial charge in [0.25, 0.3) is 5.91 Å². The summed E-state index contributed by atoms with van der Waals surface area (Å²) in [5.74, 6) is 0.540. The number of hydrogen-bond acceptors (Lipinski definition) is 10. The lowest BCUT2D eigenvalue weighted by atomic mass is 9.72. The Morgan fingerprint density at radius 2 is 1.81 bits per heavy atom. The third-order valence-electron chi connectivity index (χ3n) is 10.3. The number of piperidine rings is 1. The molecule has 12 nitrogen and oxygen atoms in total. The second-order valence-corrected chi connectivity index (χ2v) is 16.1. The third kappa shape index (κ3) is 7.12. The van der Waals surface area contributed by atoms with Crippen LogP contribution in [0.1, 0.15) is 62.7 Å². The van der Waals surface area contributed by atoms with Crippen molar-refractivity contribution in [1.29, 1.82) is 0 Å². The van der Waals surface area contributed by atoms with E-state index in [2.05, 4.69) is 24.5 Å². The van der Waals surface area contributed by atoms with Gasteiger partial charge in [0.05, 0.1) is 55.0 Å². The predicted molar refractivity (Wildman–Crippen MR) is 173 cm³/mol. The van der Waals surface area contributed by atoms with Crippen LogP contribution >= 0.6 is 0 Å². The van der Waals surface area contributed by atoms with E-state index in [4.69, 9.17) is 14.2 Å². The van der Waals surface area contributed by atoms with Crippen LogP contribution in [0.3, 0.4) is 0 Å². The van der Waals surface area contributed by atoms with Crippen molar-refractivity contribution < 1.29 is 31.8 Å². The van der Waals surface area contributed by atoms with Gasteiger partial charge in [-0.05, 0) is 83.7 Å². The van der Waals surface area contributed by atoms with Crippen LogP contribution in [0.5, 0.6) is 11.5 Å². The molecule has 1 spiro atoms. The molecule has 5 heterocycles. The summed E-state index contributed by atoms with van der Waals surface area (Å²) in [5, 5.41) is -0.205. The summed E-state index contributed by atoms with van der Waals surface area (Å²) >= 11 is 0. The van der Waals surface area contributed by atoms with Crippen molar-refractivity contribution >= 4 is 21.7 Å². The molecule has 1 N–H and O–H groups in total. The fourth-order valence-electron chi connectivity index (χ4n) is 7.52. The minimum Gasteiger partial charge on any atom is -0.451 e. The zero-order chi connectivity index (χ0) is 32.8. The number of amides is 1. The average Bonchev–Trinajstić information content (AvgIpc) is 3.89. The lowest BCUT2D eigenvalue weighted by molar-refractivity contribution is -0.0299. The lowest BCUT2D eigenvalue weighted by Crippen LogP contribution is -2.61. The second kappa shape index (κ2) is 13.2. The van der Waals surface area contributed by atoms with Crippen LogP contribution in [-0.2, 0) is 19.5 Å². The first-order chi connectivity index (χ1) is 22.6. The average molecular weight is 673 g/mol. The van der Waals surface area contributed by atoms with Gasteiger partial charge in [-0.1, -0.05) is 0 Å². The predicted octanol–water partition coefficient (Wildman–Crippen LogP) is 3.19. The fraction of sp³-hybridized carbons (Fsp3) is 0.667. The number of morpholine rings is 1. The fourth-order valence-corrected chi connectivity index (χ4v) is 9.12. The van der Waals surface area contributed by atoms with E-state index in [9.17, 15) is 17.6 Å². The number of carbonyl (C=O) groups is 1. The Bertz CT molecular complexity index is 1540. The SMILES string of the molecule is C[C@@H]1COC[C@H](C)N1C(=O)c1cc(F)ccc1Oc1cncnc1N1CC2(CCN(C[C@@H]3CC[C@@H](NS(=O)(=O)C4CC4)CO3)CC2)C1. The smallest absolute Gasteiger partial charge is 0.258 e. The van der Waals surface area contributed by atoms with Gasteiger partial charge < -0.3 is 28.9 Å². The molecule has 256 valence electrons. The van der Waals surface area contributed by atoms with Crippen LogP contribution in [0.25, 0.3) is 0 Å². The van der Waals surface area contributed by atoms with Crippen LogP contribution in [0.4, 0.5) is 10.2 Å². The van der Waals surface area contributed by atoms with E-state index in [1.165, 1.54) is 24.5 Å². The Balaban J connectivity index is 0.932. The van der Waals surface area contributed by atoms with E-state index in [0.29, 0.717) is 31.4 Å². The number of likely N-dealkylation sites (tertiary alicyclic amines) is 1. The zero-order valence-corrected chi connectivity index (χ0v) is 28.0. The van der Waals surface area contributed by atoms with Gasteiger partial charge in [0.2, 0.25) is 10.0 Å². The Morgan fingerprint density at radius 3 is 2.49 bits per heavy atom. The van der Waals surface area contributed by atoms with E-state index in [0.717, 1.165) is 71.2 Å². The molecule has 4 aliphatic heterocycles. The number of nitrogens with one attached hydrogen (secondary N) is 1. The molecular weight excluding hydrogens is 627 g/mol. The number of anilines is 1. The van der Waals surface area contributed by atoms with Gasteiger partial charge in [0.15, 0.2) is 11.6 Å². The van der Waals surface area contributed by atoms with Crippen LogP contribution in [-0.4, -0.2) is 116 Å². The molecule has 1 aliphatic carbocycles. The monoisotopic (exact) mass is 672 g/mol.